The summed E-state index contributed by atoms with van der Waals surface area (Å²) < 4.78 is 165. The van der Waals surface area contributed by atoms with Gasteiger partial charge in [0, 0.05) is 0 Å². The fraction of sp³-hybridized carbons (Fsp3) is 0. The van der Waals surface area contributed by atoms with Gasteiger partial charge < -0.3 is 0 Å². The third-order valence-electron chi connectivity index (χ3n) is 1.68. The van der Waals surface area contributed by atoms with E-state index in [0.29, 0.717) is 0 Å². The van der Waals surface area contributed by atoms with Crippen molar-refractivity contribution < 1.29 is 75.2 Å². The Bertz CT molecular complexity index is 1020. The zero-order valence-corrected chi connectivity index (χ0v) is 31.7. The van der Waals surface area contributed by atoms with E-state index in [1.807, 2.05) is 0 Å². The Morgan fingerprint density at radius 2 is 0.486 bits per heavy atom. The average molecular weight is 1350 g/mol. The van der Waals surface area contributed by atoms with Crippen molar-refractivity contribution in [3.05, 3.63) is 67.8 Å². The van der Waals surface area contributed by atoms with Crippen LogP contribution in [-0.4, -0.2) is 0 Å². The SMILES string of the molecule is O=I(=O)F.O=I(=O)F.O=I(=O)F.O=I(=O)F.O=I(=O)F.O=I(=O)F.c1ccc([I-]c2ccccc2)cc1. The molecule has 0 heterocycles. The van der Waals surface area contributed by atoms with Gasteiger partial charge in [0.15, 0.2) is 0 Å². The molecule has 2 aromatic rings. The quantitative estimate of drug-likeness (QED) is 0.243. The molecule has 2 aromatic carbocycles. The van der Waals surface area contributed by atoms with E-state index in [9.17, 15) is 17.2 Å². The first-order chi connectivity index (χ1) is 16.8. The molecule has 0 amide bonds. The van der Waals surface area contributed by atoms with Crippen molar-refractivity contribution >= 4 is 122 Å². The molecule has 2 rings (SSSR count). The number of hydrogen-bond acceptors (Lipinski definition) is 12. The topological polar surface area (TPSA) is 205 Å². The molecule has 0 aliphatic heterocycles. The minimum absolute atomic E-state index is 0.0287. The van der Waals surface area contributed by atoms with Crippen LogP contribution in [-0.2, 0) is 36.8 Å². The molecule has 0 fully saturated rings. The molecular formula is C12H10F6I7O12-. The van der Waals surface area contributed by atoms with Crippen LogP contribution >= 0.6 is 122 Å². The molecular weight excluding hydrogens is 1340 g/mol. The normalized spacial score (nSPS) is 9.08. The summed E-state index contributed by atoms with van der Waals surface area (Å²) >= 11 is -25.6. The molecule has 0 radical (unpaired) electrons. The van der Waals surface area contributed by atoms with Crippen LogP contribution in [0.25, 0.3) is 0 Å². The van der Waals surface area contributed by atoms with Crippen LogP contribution in [0.5, 0.6) is 0 Å². The molecule has 0 N–H and O–H groups in total. The summed E-state index contributed by atoms with van der Waals surface area (Å²) in [5.41, 5.74) is 0. The summed E-state index contributed by atoms with van der Waals surface area (Å²) in [6.07, 6.45) is 0. The zero-order valence-electron chi connectivity index (χ0n) is 16.6. The first kappa shape index (κ1) is 47.5. The number of rotatable bonds is 2. The molecule has 0 aliphatic carbocycles. The van der Waals surface area contributed by atoms with E-state index in [2.05, 4.69) is 60.7 Å². The second-order valence-corrected chi connectivity index (χ2v) is 12.9. The fourth-order valence-electron chi connectivity index (χ4n) is 1.08. The summed E-state index contributed by atoms with van der Waals surface area (Å²) in [7, 11) is 0. The van der Waals surface area contributed by atoms with Gasteiger partial charge >= 0.3 is 211 Å². The van der Waals surface area contributed by atoms with Crippen LogP contribution in [0.2, 0.25) is 0 Å². The number of halogens is 13. The average Bonchev–Trinajstić information content (AvgIpc) is 2.67. The van der Waals surface area contributed by atoms with Gasteiger partial charge in [0.2, 0.25) is 0 Å². The predicted octanol–water partition coefficient (Wildman–Crippen LogP) is 6.22. The van der Waals surface area contributed by atoms with Crippen molar-refractivity contribution in [1.29, 1.82) is 0 Å². The van der Waals surface area contributed by atoms with Crippen molar-refractivity contribution in [2.45, 2.75) is 0 Å². The van der Waals surface area contributed by atoms with E-state index in [-0.39, 0.29) is 21.2 Å². The molecule has 0 bridgehead atoms. The van der Waals surface area contributed by atoms with Gasteiger partial charge in [-0.3, -0.25) is 0 Å². The molecule has 0 aliphatic rings. The Morgan fingerprint density at radius 1 is 0.351 bits per heavy atom. The summed E-state index contributed by atoms with van der Waals surface area (Å²) in [4.78, 5) is 0. The van der Waals surface area contributed by atoms with Crippen molar-refractivity contribution in [3.63, 3.8) is 0 Å². The van der Waals surface area contributed by atoms with Gasteiger partial charge in [-0.05, 0) is 0 Å². The molecule has 25 heteroatoms. The molecule has 0 saturated carbocycles. The third-order valence-corrected chi connectivity index (χ3v) is 4.37. The minimum atomic E-state index is -4.26. The number of benzene rings is 2. The van der Waals surface area contributed by atoms with Crippen LogP contribution in [0.1, 0.15) is 0 Å². The van der Waals surface area contributed by atoms with E-state index in [1.165, 1.54) is 7.14 Å². The third kappa shape index (κ3) is 103. The summed E-state index contributed by atoms with van der Waals surface area (Å²) in [5, 5.41) is 0. The number of hydrogen-bond donors (Lipinski definition) is 0. The Kier molecular flexibility index (Phi) is 47.2. The van der Waals surface area contributed by atoms with Crippen molar-refractivity contribution in [2.24, 2.45) is 0 Å². The van der Waals surface area contributed by atoms with Gasteiger partial charge in [-0.1, -0.05) is 0 Å². The van der Waals surface area contributed by atoms with Crippen molar-refractivity contribution in [2.75, 3.05) is 0 Å². The Hall–Kier alpha value is 0.730. The van der Waals surface area contributed by atoms with E-state index in [1.54, 1.807) is 0 Å². The molecule has 0 aromatic heterocycles. The van der Waals surface area contributed by atoms with E-state index >= 15 is 0 Å². The molecule has 12 nitrogen and oxygen atoms in total. The second kappa shape index (κ2) is 36.7. The Morgan fingerprint density at radius 3 is 0.622 bits per heavy atom. The van der Waals surface area contributed by atoms with Gasteiger partial charge in [-0.2, -0.15) is 36.8 Å². The summed E-state index contributed by atoms with van der Waals surface area (Å²) in [6, 6.07) is 21.4. The van der Waals surface area contributed by atoms with E-state index < -0.39 is 122 Å². The van der Waals surface area contributed by atoms with Crippen LogP contribution < -0.4 is 21.2 Å². The summed E-state index contributed by atoms with van der Waals surface area (Å²) in [6.45, 7) is 0. The van der Waals surface area contributed by atoms with Crippen LogP contribution in [0.15, 0.2) is 60.7 Å². The first-order valence-corrected chi connectivity index (χ1v) is 24.5. The van der Waals surface area contributed by atoms with Gasteiger partial charge in [-0.15, -0.1) is 17.2 Å². The van der Waals surface area contributed by atoms with Gasteiger partial charge in [0.05, 0.1) is 0 Å². The van der Waals surface area contributed by atoms with Crippen molar-refractivity contribution in [1.82, 2.24) is 0 Å². The maximum atomic E-state index is 10.0. The van der Waals surface area contributed by atoms with Crippen molar-refractivity contribution in [3.8, 4) is 0 Å². The second-order valence-electron chi connectivity index (χ2n) is 3.76. The maximum absolute atomic E-state index is 10.0. The molecule has 0 saturated heterocycles. The molecule has 0 atom stereocenters. The van der Waals surface area contributed by atoms with E-state index in [4.69, 9.17) is 36.8 Å². The van der Waals surface area contributed by atoms with Crippen LogP contribution in [0.3, 0.4) is 0 Å². The molecule has 222 valence electrons. The Balaban J connectivity index is -0.000000120. The van der Waals surface area contributed by atoms with Gasteiger partial charge in [0.25, 0.3) is 0 Å². The first-order valence-electron chi connectivity index (χ1n) is 6.91. The fourth-order valence-corrected chi connectivity index (χ4v) is 3.35. The van der Waals surface area contributed by atoms with Crippen LogP contribution in [0.4, 0.5) is 17.2 Å². The van der Waals surface area contributed by atoms with Gasteiger partial charge in [0.1, 0.15) is 0 Å². The Labute approximate surface area is 260 Å². The molecule has 0 spiro atoms. The van der Waals surface area contributed by atoms with Crippen LogP contribution in [0, 0.1) is 7.14 Å². The monoisotopic (exact) mass is 1350 g/mol. The standard InChI is InChI=1S/C12H10I.6FIO2/c1-3-7-11(8-4-1)13-12-9-5-2-6-10-12;6*1-2(3)4/h1-10H;;;;;;/q-1;;;;;;. The van der Waals surface area contributed by atoms with E-state index in [0.717, 1.165) is 0 Å². The zero-order chi connectivity index (χ0) is 30.4. The van der Waals surface area contributed by atoms with Gasteiger partial charge in [-0.25, -0.2) is 0 Å². The summed E-state index contributed by atoms with van der Waals surface area (Å²) in [5.74, 6) is 0. The molecule has 0 unspecified atom stereocenters. The molecule has 37 heavy (non-hydrogen) atoms. The predicted molar refractivity (Wildman–Crippen MR) is 149 cm³/mol.